The number of aryl methyl sites for hydroxylation is 2. The number of nitrogens with zero attached hydrogens (tertiary/aromatic N) is 2. The molecule has 4 aromatic rings. The minimum absolute atomic E-state index is 0.197. The van der Waals surface area contributed by atoms with Gasteiger partial charge in [0.1, 0.15) is 0 Å². The summed E-state index contributed by atoms with van der Waals surface area (Å²) in [6, 6.07) is 24.5. The molecule has 5 rings (SSSR count). The van der Waals surface area contributed by atoms with Crippen molar-refractivity contribution in [3.05, 3.63) is 95.1 Å². The summed E-state index contributed by atoms with van der Waals surface area (Å²) in [6.45, 7) is 0.919. The van der Waals surface area contributed by atoms with Crippen molar-refractivity contribution in [2.24, 2.45) is 0 Å². The maximum atomic E-state index is 13.4. The Hall–Kier alpha value is -3.37. The molecule has 0 aliphatic carbocycles. The van der Waals surface area contributed by atoms with Gasteiger partial charge in [-0.15, -0.1) is 0 Å². The number of nitrogens with one attached hydrogen (secondary N) is 1. The summed E-state index contributed by atoms with van der Waals surface area (Å²) < 4.78 is 0. The molecule has 0 bridgehead atoms. The van der Waals surface area contributed by atoms with Crippen LogP contribution < -0.4 is 10.2 Å². The predicted molar refractivity (Wildman–Crippen MR) is 150 cm³/mol. The van der Waals surface area contributed by atoms with Gasteiger partial charge in [0, 0.05) is 35.3 Å². The molecule has 1 amide bonds. The first-order valence-corrected chi connectivity index (χ1v) is 13.4. The molecule has 1 aliphatic rings. The number of rotatable bonds is 9. The SMILES string of the molecule is O=C(CCCCCCCNc1ccnc2cc(Cl)ccc12)N1c2ccccc2CCc2ccccc21. The predicted octanol–water partition coefficient (Wildman–Crippen LogP) is 8.10. The number of anilines is 3. The van der Waals surface area contributed by atoms with Gasteiger partial charge < -0.3 is 5.32 Å². The highest BCUT2D eigenvalue weighted by atomic mass is 35.5. The van der Waals surface area contributed by atoms with E-state index in [1.54, 1.807) is 0 Å². The Bertz CT molecular complexity index is 1310. The van der Waals surface area contributed by atoms with Crippen molar-refractivity contribution in [3.63, 3.8) is 0 Å². The van der Waals surface area contributed by atoms with E-state index in [-0.39, 0.29) is 5.91 Å². The summed E-state index contributed by atoms with van der Waals surface area (Å²) in [7, 11) is 0. The lowest BCUT2D eigenvalue weighted by atomic mass is 10.0. The largest absolute Gasteiger partial charge is 0.384 e. The number of amides is 1. The van der Waals surface area contributed by atoms with Crippen LogP contribution in [0.25, 0.3) is 10.9 Å². The van der Waals surface area contributed by atoms with Crippen LogP contribution in [0.15, 0.2) is 79.0 Å². The topological polar surface area (TPSA) is 45.2 Å². The summed E-state index contributed by atoms with van der Waals surface area (Å²) in [5, 5.41) is 5.34. The molecular weight excluding hydrogens is 466 g/mol. The number of carbonyl (C=O) groups is 1. The highest BCUT2D eigenvalue weighted by molar-refractivity contribution is 6.31. The molecule has 5 heteroatoms. The van der Waals surface area contributed by atoms with E-state index in [0.29, 0.717) is 11.4 Å². The number of halogens is 1. The number of unbranched alkanes of at least 4 members (excludes halogenated alkanes) is 4. The van der Waals surface area contributed by atoms with Gasteiger partial charge in [0.15, 0.2) is 0 Å². The van der Waals surface area contributed by atoms with Gasteiger partial charge in [0.2, 0.25) is 5.91 Å². The van der Waals surface area contributed by atoms with Crippen LogP contribution in [0.2, 0.25) is 5.02 Å². The van der Waals surface area contributed by atoms with Gasteiger partial charge in [0.05, 0.1) is 16.9 Å². The number of hydrogen-bond acceptors (Lipinski definition) is 3. The third-order valence-corrected chi connectivity index (χ3v) is 7.20. The molecule has 0 atom stereocenters. The van der Waals surface area contributed by atoms with E-state index in [1.165, 1.54) is 11.1 Å². The Balaban J connectivity index is 1.09. The van der Waals surface area contributed by atoms with Crippen molar-refractivity contribution >= 4 is 45.5 Å². The smallest absolute Gasteiger partial charge is 0.231 e. The van der Waals surface area contributed by atoms with Crippen LogP contribution in [0.5, 0.6) is 0 Å². The number of carbonyl (C=O) groups excluding carboxylic acids is 1. The normalized spacial score (nSPS) is 12.6. The first-order valence-electron chi connectivity index (χ1n) is 13.0. The second-order valence-electron chi connectivity index (χ2n) is 9.45. The first kappa shape index (κ1) is 24.3. The molecule has 4 nitrogen and oxygen atoms in total. The van der Waals surface area contributed by atoms with Crippen LogP contribution >= 0.6 is 11.6 Å². The van der Waals surface area contributed by atoms with Crippen molar-refractivity contribution in [3.8, 4) is 0 Å². The molecule has 184 valence electrons. The quantitative estimate of drug-likeness (QED) is 0.237. The Labute approximate surface area is 218 Å². The van der Waals surface area contributed by atoms with Crippen LogP contribution in [-0.4, -0.2) is 17.4 Å². The van der Waals surface area contributed by atoms with Crippen molar-refractivity contribution in [1.82, 2.24) is 4.98 Å². The fraction of sp³-hybridized carbons (Fsp3) is 0.290. The third kappa shape index (κ3) is 5.55. The monoisotopic (exact) mass is 497 g/mol. The molecule has 0 saturated carbocycles. The van der Waals surface area contributed by atoms with Crippen LogP contribution in [0.3, 0.4) is 0 Å². The summed E-state index contributed by atoms with van der Waals surface area (Å²) in [4.78, 5) is 19.8. The van der Waals surface area contributed by atoms with Crippen molar-refractivity contribution in [2.75, 3.05) is 16.8 Å². The number of benzene rings is 3. The minimum Gasteiger partial charge on any atom is -0.384 e. The molecule has 1 aromatic heterocycles. The van der Waals surface area contributed by atoms with Crippen molar-refractivity contribution in [1.29, 1.82) is 0 Å². The van der Waals surface area contributed by atoms with Crippen LogP contribution in [-0.2, 0) is 17.6 Å². The molecule has 0 saturated heterocycles. The Morgan fingerprint density at radius 3 is 2.25 bits per heavy atom. The molecule has 1 N–H and O–H groups in total. The van der Waals surface area contributed by atoms with Gasteiger partial charge in [-0.1, -0.05) is 67.3 Å². The molecule has 0 unspecified atom stereocenters. The summed E-state index contributed by atoms with van der Waals surface area (Å²) in [5.41, 5.74) is 6.60. The molecule has 0 spiro atoms. The average Bonchev–Trinajstić information content (AvgIpc) is 3.07. The van der Waals surface area contributed by atoms with Crippen LogP contribution in [0.4, 0.5) is 17.1 Å². The zero-order valence-corrected chi connectivity index (χ0v) is 21.3. The molecular formula is C31H32ClN3O. The number of fused-ring (bicyclic) bond motifs is 3. The average molecular weight is 498 g/mol. The lowest BCUT2D eigenvalue weighted by molar-refractivity contribution is -0.118. The molecule has 2 heterocycles. The molecule has 36 heavy (non-hydrogen) atoms. The van der Waals surface area contributed by atoms with Gasteiger partial charge in [0.25, 0.3) is 0 Å². The zero-order valence-electron chi connectivity index (χ0n) is 20.6. The van der Waals surface area contributed by atoms with Gasteiger partial charge in [-0.3, -0.25) is 14.7 Å². The maximum absolute atomic E-state index is 13.4. The van der Waals surface area contributed by atoms with Crippen LogP contribution in [0.1, 0.15) is 49.7 Å². The number of aromatic nitrogens is 1. The Morgan fingerprint density at radius 2 is 1.50 bits per heavy atom. The second-order valence-corrected chi connectivity index (χ2v) is 9.89. The molecule has 0 fully saturated rings. The highest BCUT2D eigenvalue weighted by Gasteiger charge is 2.24. The van der Waals surface area contributed by atoms with E-state index < -0.39 is 0 Å². The van der Waals surface area contributed by atoms with Gasteiger partial charge in [-0.25, -0.2) is 0 Å². The van der Waals surface area contributed by atoms with E-state index in [0.717, 1.165) is 79.5 Å². The molecule has 1 aliphatic heterocycles. The summed E-state index contributed by atoms with van der Waals surface area (Å²) >= 11 is 6.09. The number of para-hydroxylation sites is 2. The standard InChI is InChI=1S/C31H32ClN3O/c32-25-17-18-26-27(19-21-34-28(26)22-25)33-20-9-3-1-2-4-14-31(36)35-29-12-7-5-10-23(29)15-16-24-11-6-8-13-30(24)35/h5-8,10-13,17-19,21-22H,1-4,9,14-16,20H2,(H,33,34). The highest BCUT2D eigenvalue weighted by Crippen LogP contribution is 2.36. The Kier molecular flexibility index (Phi) is 7.82. The minimum atomic E-state index is 0.197. The zero-order chi connectivity index (χ0) is 24.7. The first-order chi connectivity index (χ1) is 17.7. The fourth-order valence-corrected chi connectivity index (χ4v) is 5.26. The summed E-state index contributed by atoms with van der Waals surface area (Å²) in [6.07, 6.45) is 9.69. The fourth-order valence-electron chi connectivity index (χ4n) is 5.09. The lowest BCUT2D eigenvalue weighted by Gasteiger charge is -2.25. The number of hydrogen-bond donors (Lipinski definition) is 1. The van der Waals surface area contributed by atoms with E-state index in [2.05, 4.69) is 46.7 Å². The lowest BCUT2D eigenvalue weighted by Crippen LogP contribution is -2.26. The number of pyridine rings is 1. The third-order valence-electron chi connectivity index (χ3n) is 6.97. The van der Waals surface area contributed by atoms with Gasteiger partial charge in [-0.05, 0) is 73.2 Å². The summed E-state index contributed by atoms with van der Waals surface area (Å²) in [5.74, 6) is 0.197. The van der Waals surface area contributed by atoms with Gasteiger partial charge >= 0.3 is 0 Å². The van der Waals surface area contributed by atoms with E-state index in [1.807, 2.05) is 47.5 Å². The van der Waals surface area contributed by atoms with Crippen molar-refractivity contribution < 1.29 is 4.79 Å². The van der Waals surface area contributed by atoms with Crippen LogP contribution in [0, 0.1) is 0 Å². The van der Waals surface area contributed by atoms with E-state index in [4.69, 9.17) is 11.6 Å². The maximum Gasteiger partial charge on any atom is 0.231 e. The Morgan fingerprint density at radius 1 is 0.833 bits per heavy atom. The second kappa shape index (κ2) is 11.6. The van der Waals surface area contributed by atoms with Gasteiger partial charge in [-0.2, -0.15) is 0 Å². The molecule has 0 radical (unpaired) electrons. The van der Waals surface area contributed by atoms with Crippen molar-refractivity contribution in [2.45, 2.75) is 51.4 Å². The van der Waals surface area contributed by atoms with E-state index in [9.17, 15) is 4.79 Å². The molecule has 3 aromatic carbocycles. The van der Waals surface area contributed by atoms with E-state index >= 15 is 0 Å².